The van der Waals surface area contributed by atoms with Crippen molar-refractivity contribution in [1.82, 2.24) is 4.90 Å². The van der Waals surface area contributed by atoms with Gasteiger partial charge >= 0.3 is 11.9 Å². The Labute approximate surface area is 139 Å². The molecule has 1 aromatic rings. The molecule has 1 aliphatic heterocycles. The number of methoxy groups -OCH3 is 1. The maximum absolute atomic E-state index is 14.2. The third kappa shape index (κ3) is 4.29. The fraction of sp³-hybridized carbons (Fsp3) is 0.529. The van der Waals surface area contributed by atoms with Gasteiger partial charge < -0.3 is 9.47 Å². The monoisotopic (exact) mass is 341 g/mol. The number of rotatable bonds is 5. The molecule has 132 valence electrons. The maximum atomic E-state index is 14.2. The molecule has 7 heteroatoms. The van der Waals surface area contributed by atoms with E-state index in [1.54, 1.807) is 38.3 Å². The second-order valence-electron chi connectivity index (χ2n) is 5.72. The Balaban J connectivity index is 2.10. The van der Waals surface area contributed by atoms with Crippen LogP contribution < -0.4 is 4.74 Å². The molecule has 2 rings (SSSR count). The Morgan fingerprint density at radius 3 is 2.58 bits per heavy atom. The highest BCUT2D eigenvalue weighted by atomic mass is 19.3. The smallest absolute Gasteiger partial charge is 0.318 e. The second kappa shape index (κ2) is 7.70. The Morgan fingerprint density at radius 1 is 1.33 bits per heavy atom. The zero-order valence-corrected chi connectivity index (χ0v) is 13.8. The Bertz CT molecular complexity index is 589. The third-order valence-electron chi connectivity index (χ3n) is 3.97. The van der Waals surface area contributed by atoms with E-state index in [1.807, 2.05) is 0 Å². The summed E-state index contributed by atoms with van der Waals surface area (Å²) in [4.78, 5) is 25.2. The molecule has 1 aromatic carbocycles. The minimum atomic E-state index is -3.57. The largest absolute Gasteiger partial charge is 0.497 e. The number of esters is 1. The van der Waals surface area contributed by atoms with Gasteiger partial charge in [0.2, 0.25) is 5.78 Å². The summed E-state index contributed by atoms with van der Waals surface area (Å²) < 4.78 is 38.1. The summed E-state index contributed by atoms with van der Waals surface area (Å²) in [7, 11) is 1.55. The van der Waals surface area contributed by atoms with Gasteiger partial charge in [-0.05, 0) is 31.0 Å². The number of ketones is 1. The minimum Gasteiger partial charge on any atom is -0.497 e. The first-order valence-corrected chi connectivity index (χ1v) is 7.81. The van der Waals surface area contributed by atoms with Gasteiger partial charge in [0.1, 0.15) is 11.7 Å². The number of carbonyl (C=O) groups is 2. The first kappa shape index (κ1) is 18.3. The van der Waals surface area contributed by atoms with E-state index in [9.17, 15) is 18.4 Å². The van der Waals surface area contributed by atoms with Crippen LogP contribution in [0.15, 0.2) is 24.3 Å². The van der Waals surface area contributed by atoms with Crippen molar-refractivity contribution in [2.24, 2.45) is 5.92 Å². The summed E-state index contributed by atoms with van der Waals surface area (Å²) in [6.45, 7) is 1.42. The Hall–Kier alpha value is -2.02. The summed E-state index contributed by atoms with van der Waals surface area (Å²) >= 11 is 0. The number of ether oxygens (including phenoxy) is 2. The van der Waals surface area contributed by atoms with E-state index >= 15 is 0 Å². The predicted molar refractivity (Wildman–Crippen MR) is 83.0 cm³/mol. The SMILES string of the molecule is CCOC(=O)C1CCN(Cc2ccc(OC)cc2)CC(F)(F)C1=O. The van der Waals surface area contributed by atoms with Crippen LogP contribution in [0.25, 0.3) is 0 Å². The lowest BCUT2D eigenvalue weighted by Gasteiger charge is -2.23. The van der Waals surface area contributed by atoms with Gasteiger partial charge in [-0.25, -0.2) is 0 Å². The van der Waals surface area contributed by atoms with E-state index in [2.05, 4.69) is 0 Å². The van der Waals surface area contributed by atoms with Gasteiger partial charge in [-0.15, -0.1) is 0 Å². The summed E-state index contributed by atoms with van der Waals surface area (Å²) in [5.41, 5.74) is 0.827. The molecule has 0 aliphatic carbocycles. The third-order valence-corrected chi connectivity index (χ3v) is 3.97. The Morgan fingerprint density at radius 2 is 2.00 bits per heavy atom. The number of benzene rings is 1. The molecule has 1 aliphatic rings. The highest BCUT2D eigenvalue weighted by Gasteiger charge is 2.49. The average Bonchev–Trinajstić information content (AvgIpc) is 2.65. The first-order valence-electron chi connectivity index (χ1n) is 7.81. The quantitative estimate of drug-likeness (QED) is 0.607. The molecule has 1 unspecified atom stereocenters. The molecule has 0 saturated carbocycles. The van der Waals surface area contributed by atoms with Crippen molar-refractivity contribution < 1.29 is 27.8 Å². The van der Waals surface area contributed by atoms with E-state index in [-0.39, 0.29) is 26.1 Å². The van der Waals surface area contributed by atoms with Crippen molar-refractivity contribution in [3.05, 3.63) is 29.8 Å². The number of carbonyl (C=O) groups excluding carboxylic acids is 2. The van der Waals surface area contributed by atoms with E-state index in [1.165, 1.54) is 4.90 Å². The number of likely N-dealkylation sites (tertiary alicyclic amines) is 1. The molecule has 1 saturated heterocycles. The fourth-order valence-corrected chi connectivity index (χ4v) is 2.73. The second-order valence-corrected chi connectivity index (χ2v) is 5.72. The van der Waals surface area contributed by atoms with Gasteiger partial charge in [0.15, 0.2) is 0 Å². The molecule has 0 spiro atoms. The van der Waals surface area contributed by atoms with Crippen molar-refractivity contribution in [2.75, 3.05) is 26.8 Å². The molecule has 0 aromatic heterocycles. The van der Waals surface area contributed by atoms with Crippen molar-refractivity contribution in [1.29, 1.82) is 0 Å². The number of hydrogen-bond donors (Lipinski definition) is 0. The summed E-state index contributed by atoms with van der Waals surface area (Å²) in [5, 5.41) is 0. The zero-order chi connectivity index (χ0) is 17.7. The van der Waals surface area contributed by atoms with E-state index in [4.69, 9.17) is 9.47 Å². The minimum absolute atomic E-state index is 0.0312. The number of Topliss-reactive ketones (excluding diaryl/α,β-unsaturated/α-hetero) is 1. The zero-order valence-electron chi connectivity index (χ0n) is 13.8. The number of halogens is 2. The van der Waals surface area contributed by atoms with Crippen LogP contribution in [-0.2, 0) is 20.9 Å². The van der Waals surface area contributed by atoms with Crippen molar-refractivity contribution in [3.63, 3.8) is 0 Å². The molecule has 0 N–H and O–H groups in total. The fourth-order valence-electron chi connectivity index (χ4n) is 2.73. The molecule has 0 radical (unpaired) electrons. The van der Waals surface area contributed by atoms with Gasteiger partial charge in [-0.3, -0.25) is 14.5 Å². The maximum Gasteiger partial charge on any atom is 0.318 e. The van der Waals surface area contributed by atoms with Crippen molar-refractivity contribution in [2.45, 2.75) is 25.8 Å². The van der Waals surface area contributed by atoms with E-state index < -0.39 is 30.1 Å². The highest BCUT2D eigenvalue weighted by molar-refractivity contribution is 6.02. The first-order chi connectivity index (χ1) is 11.4. The van der Waals surface area contributed by atoms with E-state index in [0.717, 1.165) is 5.56 Å². The normalized spacial score (nSPS) is 21.2. The standard InChI is InChI=1S/C17H21F2NO4/c1-3-24-16(22)14-8-9-20(11-17(18,19)15(14)21)10-12-4-6-13(23-2)7-5-12/h4-7,14H,3,8-11H2,1-2H3. The van der Waals surface area contributed by atoms with Gasteiger partial charge in [-0.1, -0.05) is 12.1 Å². The molecule has 1 atom stereocenters. The molecular formula is C17H21F2NO4. The predicted octanol–water partition coefficient (Wildman–Crippen LogP) is 2.28. The lowest BCUT2D eigenvalue weighted by Crippen LogP contribution is -2.42. The van der Waals surface area contributed by atoms with Crippen LogP contribution >= 0.6 is 0 Å². The van der Waals surface area contributed by atoms with Gasteiger partial charge in [-0.2, -0.15) is 8.78 Å². The molecular weight excluding hydrogens is 320 g/mol. The van der Waals surface area contributed by atoms with Crippen LogP contribution in [0, 0.1) is 5.92 Å². The Kier molecular flexibility index (Phi) is 5.88. The molecule has 0 bridgehead atoms. The van der Waals surface area contributed by atoms with Gasteiger partial charge in [0.25, 0.3) is 0 Å². The topological polar surface area (TPSA) is 55.8 Å². The van der Waals surface area contributed by atoms with Crippen LogP contribution in [0.5, 0.6) is 5.75 Å². The van der Waals surface area contributed by atoms with Crippen LogP contribution in [0.2, 0.25) is 0 Å². The van der Waals surface area contributed by atoms with Crippen molar-refractivity contribution in [3.8, 4) is 5.75 Å². The molecule has 1 fully saturated rings. The highest BCUT2D eigenvalue weighted by Crippen LogP contribution is 2.28. The van der Waals surface area contributed by atoms with Gasteiger partial charge in [0, 0.05) is 13.1 Å². The lowest BCUT2D eigenvalue weighted by molar-refractivity contribution is -0.160. The number of hydrogen-bond acceptors (Lipinski definition) is 5. The van der Waals surface area contributed by atoms with Crippen LogP contribution in [0.3, 0.4) is 0 Å². The summed E-state index contributed by atoms with van der Waals surface area (Å²) in [6.07, 6.45) is 0.0312. The van der Waals surface area contributed by atoms with Crippen LogP contribution in [0.1, 0.15) is 18.9 Å². The van der Waals surface area contributed by atoms with Crippen molar-refractivity contribution >= 4 is 11.8 Å². The summed E-state index contributed by atoms with van der Waals surface area (Å²) in [5.74, 6) is -6.51. The molecule has 5 nitrogen and oxygen atoms in total. The average molecular weight is 341 g/mol. The molecule has 1 heterocycles. The van der Waals surface area contributed by atoms with Gasteiger partial charge in [0.05, 0.1) is 20.3 Å². The van der Waals surface area contributed by atoms with Crippen LogP contribution in [0.4, 0.5) is 8.78 Å². The van der Waals surface area contributed by atoms with Crippen LogP contribution in [-0.4, -0.2) is 49.4 Å². The summed E-state index contributed by atoms with van der Waals surface area (Å²) in [6, 6.07) is 7.06. The van der Waals surface area contributed by atoms with E-state index in [0.29, 0.717) is 5.75 Å². The molecule has 24 heavy (non-hydrogen) atoms. The lowest BCUT2D eigenvalue weighted by atomic mass is 9.97. The number of alkyl halides is 2. The molecule has 0 amide bonds. The number of nitrogens with zero attached hydrogens (tertiary/aromatic N) is 1.